The first-order valence-corrected chi connectivity index (χ1v) is 7.07. The summed E-state index contributed by atoms with van der Waals surface area (Å²) in [5.41, 5.74) is 0. The van der Waals surface area contributed by atoms with Gasteiger partial charge in [-0.1, -0.05) is 0 Å². The number of aliphatic hydroxyl groups excluding tert-OH is 1. The average molecular weight is 301 g/mol. The van der Waals surface area contributed by atoms with Crippen LogP contribution < -0.4 is 0 Å². The zero-order chi connectivity index (χ0) is 14.2. The molecule has 0 amide bonds. The molecule has 0 heterocycles. The van der Waals surface area contributed by atoms with E-state index in [-0.39, 0.29) is 6.61 Å². The number of hydrogen-bond acceptors (Lipinski definition) is 6. The Hall–Kier alpha value is 0.0500. The van der Waals surface area contributed by atoms with E-state index >= 15 is 0 Å². The highest BCUT2D eigenvalue weighted by atomic mass is 35.5. The summed E-state index contributed by atoms with van der Waals surface area (Å²) in [6.45, 7) is 1.84. The van der Waals surface area contributed by atoms with Crippen molar-refractivity contribution in [3.05, 3.63) is 0 Å². The standard InChI is InChI=1S/C12H25ClO6/c13-4-7-16-5-2-1-3-6-17-8-9-18-10-11-19-12(14)15/h12,14-15H,1-11H2. The van der Waals surface area contributed by atoms with Crippen molar-refractivity contribution in [3.63, 3.8) is 0 Å². The number of halogens is 1. The maximum atomic E-state index is 8.38. The van der Waals surface area contributed by atoms with Crippen LogP contribution in [-0.2, 0) is 18.9 Å². The molecule has 0 aromatic heterocycles. The quantitative estimate of drug-likeness (QED) is 0.264. The zero-order valence-electron chi connectivity index (χ0n) is 11.3. The smallest absolute Gasteiger partial charge is 0.266 e. The maximum absolute atomic E-state index is 8.38. The van der Waals surface area contributed by atoms with Gasteiger partial charge in [0.05, 0.1) is 33.0 Å². The lowest BCUT2D eigenvalue weighted by Gasteiger charge is -2.07. The molecule has 0 spiro atoms. The average Bonchev–Trinajstić information content (AvgIpc) is 2.39. The van der Waals surface area contributed by atoms with Gasteiger partial charge in [0.25, 0.3) is 6.48 Å². The van der Waals surface area contributed by atoms with E-state index in [1.54, 1.807) is 0 Å². The second-order valence-corrected chi connectivity index (χ2v) is 4.16. The van der Waals surface area contributed by atoms with E-state index in [9.17, 15) is 0 Å². The minimum Gasteiger partial charge on any atom is -0.380 e. The molecular formula is C12H25ClO6. The van der Waals surface area contributed by atoms with Crippen LogP contribution in [0.15, 0.2) is 0 Å². The Bertz CT molecular complexity index is 170. The highest BCUT2D eigenvalue weighted by molar-refractivity contribution is 6.17. The van der Waals surface area contributed by atoms with E-state index < -0.39 is 6.48 Å². The third kappa shape index (κ3) is 18.1. The summed E-state index contributed by atoms with van der Waals surface area (Å²) < 4.78 is 20.2. The summed E-state index contributed by atoms with van der Waals surface area (Å²) in [5.74, 6) is 0.547. The summed E-state index contributed by atoms with van der Waals surface area (Å²) in [4.78, 5) is 0. The second kappa shape index (κ2) is 16.1. The minimum atomic E-state index is -1.73. The van der Waals surface area contributed by atoms with Crippen LogP contribution in [0, 0.1) is 0 Å². The molecule has 0 atom stereocenters. The highest BCUT2D eigenvalue weighted by Gasteiger charge is 1.96. The highest BCUT2D eigenvalue weighted by Crippen LogP contribution is 1.97. The molecule has 0 aliphatic rings. The van der Waals surface area contributed by atoms with Gasteiger partial charge in [-0.25, -0.2) is 0 Å². The van der Waals surface area contributed by atoms with E-state index in [0.717, 1.165) is 25.9 Å². The van der Waals surface area contributed by atoms with E-state index in [0.29, 0.717) is 38.9 Å². The fourth-order valence-corrected chi connectivity index (χ4v) is 1.39. The lowest BCUT2D eigenvalue weighted by atomic mass is 10.2. The summed E-state index contributed by atoms with van der Waals surface area (Å²) in [6.07, 6.45) is 3.10. The molecule has 0 aliphatic carbocycles. The molecule has 0 fully saturated rings. The number of ether oxygens (including phenoxy) is 4. The molecule has 19 heavy (non-hydrogen) atoms. The first kappa shape index (κ1) is 19.1. The van der Waals surface area contributed by atoms with Crippen molar-refractivity contribution in [2.45, 2.75) is 25.7 Å². The first-order chi connectivity index (χ1) is 9.27. The predicted molar refractivity (Wildman–Crippen MR) is 71.2 cm³/mol. The van der Waals surface area contributed by atoms with Gasteiger partial charge in [-0.3, -0.25) is 0 Å². The largest absolute Gasteiger partial charge is 0.380 e. The van der Waals surface area contributed by atoms with Gasteiger partial charge >= 0.3 is 0 Å². The van der Waals surface area contributed by atoms with E-state index in [2.05, 4.69) is 4.74 Å². The molecule has 6 nitrogen and oxygen atoms in total. The van der Waals surface area contributed by atoms with Crippen LogP contribution in [0.2, 0.25) is 0 Å². The van der Waals surface area contributed by atoms with Gasteiger partial charge in [-0.15, -0.1) is 11.6 Å². The Balaban J connectivity index is 2.91. The molecule has 116 valence electrons. The predicted octanol–water partition coefficient (Wildman–Crippen LogP) is 0.730. The minimum absolute atomic E-state index is 0.153. The van der Waals surface area contributed by atoms with Gasteiger partial charge in [0.1, 0.15) is 0 Å². The number of unbranched alkanes of at least 4 members (excludes halogenated alkanes) is 2. The number of rotatable bonds is 15. The lowest BCUT2D eigenvalue weighted by Crippen LogP contribution is -2.15. The Morgan fingerprint density at radius 2 is 1.21 bits per heavy atom. The fourth-order valence-electron chi connectivity index (χ4n) is 1.28. The number of hydrogen-bond donors (Lipinski definition) is 2. The Morgan fingerprint density at radius 1 is 0.684 bits per heavy atom. The van der Waals surface area contributed by atoms with Crippen LogP contribution in [-0.4, -0.2) is 68.8 Å². The van der Waals surface area contributed by atoms with E-state index in [1.807, 2.05) is 0 Å². The third-order valence-corrected chi connectivity index (χ3v) is 2.32. The molecule has 0 aromatic rings. The molecule has 0 saturated heterocycles. The Kier molecular flexibility index (Phi) is 16.1. The topological polar surface area (TPSA) is 77.4 Å². The second-order valence-electron chi connectivity index (χ2n) is 3.78. The molecule has 0 aliphatic heterocycles. The lowest BCUT2D eigenvalue weighted by molar-refractivity contribution is -0.238. The van der Waals surface area contributed by atoms with Gasteiger partial charge in [-0.2, -0.15) is 0 Å². The Labute approximate surface area is 119 Å². The van der Waals surface area contributed by atoms with Crippen LogP contribution in [0.25, 0.3) is 0 Å². The van der Waals surface area contributed by atoms with Crippen LogP contribution in [0.3, 0.4) is 0 Å². The van der Waals surface area contributed by atoms with Crippen molar-refractivity contribution in [3.8, 4) is 0 Å². The van der Waals surface area contributed by atoms with Gasteiger partial charge in [0.2, 0.25) is 0 Å². The number of aliphatic hydroxyl groups is 2. The molecule has 0 bridgehead atoms. The normalized spacial score (nSPS) is 11.4. The number of alkyl halides is 1. The molecule has 0 saturated carbocycles. The molecule has 0 unspecified atom stereocenters. The van der Waals surface area contributed by atoms with Gasteiger partial charge in [0, 0.05) is 19.1 Å². The summed E-state index contributed by atoms with van der Waals surface area (Å²) in [7, 11) is 0. The van der Waals surface area contributed by atoms with Crippen LogP contribution in [0.1, 0.15) is 19.3 Å². The van der Waals surface area contributed by atoms with E-state index in [1.165, 1.54) is 0 Å². The third-order valence-electron chi connectivity index (χ3n) is 2.17. The van der Waals surface area contributed by atoms with Crippen molar-refractivity contribution in [1.29, 1.82) is 0 Å². The van der Waals surface area contributed by atoms with Gasteiger partial charge in [0.15, 0.2) is 0 Å². The van der Waals surface area contributed by atoms with Crippen LogP contribution in [0.5, 0.6) is 0 Å². The van der Waals surface area contributed by atoms with Crippen molar-refractivity contribution >= 4 is 11.6 Å². The van der Waals surface area contributed by atoms with Crippen LogP contribution in [0.4, 0.5) is 0 Å². The molecule has 0 aromatic carbocycles. The van der Waals surface area contributed by atoms with Crippen molar-refractivity contribution in [2.75, 3.05) is 52.1 Å². The SMILES string of the molecule is OC(O)OCCOCCOCCCCCOCCCl. The molecule has 0 radical (unpaired) electrons. The molecule has 7 heteroatoms. The molecule has 0 rings (SSSR count). The summed E-state index contributed by atoms with van der Waals surface area (Å²) in [6, 6.07) is 0. The first-order valence-electron chi connectivity index (χ1n) is 6.54. The summed E-state index contributed by atoms with van der Waals surface area (Å²) in [5, 5.41) is 16.8. The van der Waals surface area contributed by atoms with Gasteiger partial charge < -0.3 is 29.2 Å². The van der Waals surface area contributed by atoms with Crippen molar-refractivity contribution in [1.82, 2.24) is 0 Å². The van der Waals surface area contributed by atoms with Gasteiger partial charge in [-0.05, 0) is 19.3 Å². The van der Waals surface area contributed by atoms with E-state index in [4.69, 9.17) is 36.0 Å². The molecule has 2 N–H and O–H groups in total. The Morgan fingerprint density at radius 3 is 1.79 bits per heavy atom. The summed E-state index contributed by atoms with van der Waals surface area (Å²) >= 11 is 5.47. The fraction of sp³-hybridized carbons (Fsp3) is 1.00. The monoisotopic (exact) mass is 300 g/mol. The zero-order valence-corrected chi connectivity index (χ0v) is 12.0. The van der Waals surface area contributed by atoms with Crippen molar-refractivity contribution < 1.29 is 29.2 Å². The molecular weight excluding hydrogens is 276 g/mol. The maximum Gasteiger partial charge on any atom is 0.266 e. The van der Waals surface area contributed by atoms with Crippen LogP contribution >= 0.6 is 11.6 Å². The van der Waals surface area contributed by atoms with Crippen molar-refractivity contribution in [2.24, 2.45) is 0 Å².